The van der Waals surface area contributed by atoms with Gasteiger partial charge >= 0.3 is 6.61 Å². The van der Waals surface area contributed by atoms with Gasteiger partial charge in [-0.25, -0.2) is 25.1 Å². The summed E-state index contributed by atoms with van der Waals surface area (Å²) in [4.78, 5) is 17.4. The number of nitrogens with one attached hydrogen (secondary N) is 2. The molecule has 1 amide bonds. The van der Waals surface area contributed by atoms with Crippen LogP contribution in [0, 0.1) is 17.6 Å². The minimum absolute atomic E-state index is 0.0401. The van der Waals surface area contributed by atoms with Crippen LogP contribution in [-0.2, 0) is 6.54 Å². The number of alkyl halides is 2. The van der Waals surface area contributed by atoms with Crippen LogP contribution >= 0.6 is 0 Å². The molecule has 1 aliphatic carbocycles. The molecule has 1 atom stereocenters. The smallest absolute Gasteiger partial charge is 0.387 e. The predicted octanol–water partition coefficient (Wildman–Crippen LogP) is 2.68. The summed E-state index contributed by atoms with van der Waals surface area (Å²) in [7, 11) is 0. The standard InChI is InChI=1S/C24H25F4N7O4/c25-13-4-5-14(15(26)8-13)19(21(30)34-35-31)32-22(36)20-18(9-29)38-23(33-20)12-3-6-16(39-24(27)28)17(7-12)37-10-11-1-2-11/h3-8,11,19,24,35H,1-2,9-10,29,31H2,(H2,30,34)(H,32,36)/t19-/m0/s1. The Hall–Kier alpha value is -4.37. The lowest BCUT2D eigenvalue weighted by Gasteiger charge is -2.19. The highest BCUT2D eigenvalue weighted by Gasteiger charge is 2.28. The molecule has 2 aromatic carbocycles. The molecular formula is C24H25F4N7O4. The number of carbonyl (C=O) groups excluding carboxylic acids is 1. The fourth-order valence-electron chi connectivity index (χ4n) is 3.62. The van der Waals surface area contributed by atoms with Crippen molar-refractivity contribution in [3.63, 3.8) is 0 Å². The second-order valence-electron chi connectivity index (χ2n) is 8.53. The number of halogens is 4. The van der Waals surface area contributed by atoms with Crippen molar-refractivity contribution in [1.82, 2.24) is 15.8 Å². The molecule has 1 heterocycles. The summed E-state index contributed by atoms with van der Waals surface area (Å²) in [5.41, 5.74) is 13.4. The van der Waals surface area contributed by atoms with Gasteiger partial charge in [0.1, 0.15) is 23.5 Å². The van der Waals surface area contributed by atoms with Gasteiger partial charge in [0.15, 0.2) is 23.0 Å². The van der Waals surface area contributed by atoms with Crippen LogP contribution in [0.5, 0.6) is 11.5 Å². The molecule has 4 rings (SSSR count). The SMILES string of the molecule is NCc1oc(-c2ccc(OC(F)F)c(OCC3CC3)c2)nc1C(=O)N[C@H](/C(N)=N/NN)c1ccc(F)cc1F. The molecule has 1 saturated carbocycles. The number of benzene rings is 2. The number of amides is 1. The Morgan fingerprint density at radius 3 is 2.59 bits per heavy atom. The fourth-order valence-corrected chi connectivity index (χ4v) is 3.62. The zero-order valence-corrected chi connectivity index (χ0v) is 20.3. The van der Waals surface area contributed by atoms with E-state index in [0.29, 0.717) is 18.6 Å². The van der Waals surface area contributed by atoms with Gasteiger partial charge in [0.05, 0.1) is 13.2 Å². The first kappa shape index (κ1) is 27.7. The van der Waals surface area contributed by atoms with Gasteiger partial charge in [-0.1, -0.05) is 6.07 Å². The molecule has 0 saturated heterocycles. The third-order valence-corrected chi connectivity index (χ3v) is 5.71. The molecule has 3 aromatic rings. The Morgan fingerprint density at radius 1 is 1.18 bits per heavy atom. The number of ether oxygens (including phenoxy) is 2. The molecule has 0 bridgehead atoms. The minimum Gasteiger partial charge on any atom is -0.489 e. The second kappa shape index (κ2) is 12.0. The lowest BCUT2D eigenvalue weighted by Crippen LogP contribution is -2.40. The maximum atomic E-state index is 14.5. The van der Waals surface area contributed by atoms with Gasteiger partial charge in [0, 0.05) is 17.2 Å². The van der Waals surface area contributed by atoms with Crippen LogP contribution in [0.15, 0.2) is 45.9 Å². The molecule has 0 spiro atoms. The number of hydrazine groups is 1. The lowest BCUT2D eigenvalue weighted by atomic mass is 10.0. The number of nitrogens with two attached hydrogens (primary N) is 3. The van der Waals surface area contributed by atoms with E-state index in [1.807, 2.05) is 5.53 Å². The number of hydrogen-bond acceptors (Lipinski definition) is 9. The van der Waals surface area contributed by atoms with Gasteiger partial charge in [-0.05, 0) is 43.0 Å². The summed E-state index contributed by atoms with van der Waals surface area (Å²) in [5.74, 6) is 2.19. The molecule has 0 aliphatic heterocycles. The van der Waals surface area contributed by atoms with E-state index >= 15 is 0 Å². The largest absolute Gasteiger partial charge is 0.489 e. The Bertz CT molecular complexity index is 1360. The first-order chi connectivity index (χ1) is 18.7. The number of oxazole rings is 1. The van der Waals surface area contributed by atoms with Crippen molar-refractivity contribution in [3.05, 3.63) is 65.1 Å². The van der Waals surface area contributed by atoms with Gasteiger partial charge in [-0.2, -0.15) is 8.78 Å². The topological polar surface area (TPSA) is 176 Å². The number of hydrazone groups is 1. The highest BCUT2D eigenvalue weighted by molar-refractivity contribution is 5.98. The van der Waals surface area contributed by atoms with Crippen molar-refractivity contribution in [3.8, 4) is 23.0 Å². The molecular weight excluding hydrogens is 526 g/mol. The van der Waals surface area contributed by atoms with Crippen molar-refractivity contribution in [1.29, 1.82) is 0 Å². The van der Waals surface area contributed by atoms with E-state index in [4.69, 9.17) is 26.5 Å². The van der Waals surface area contributed by atoms with Gasteiger partial charge < -0.3 is 30.7 Å². The normalized spacial score (nSPS) is 14.3. The molecule has 1 aromatic heterocycles. The molecule has 11 nitrogen and oxygen atoms in total. The summed E-state index contributed by atoms with van der Waals surface area (Å²) in [6.07, 6.45) is 1.95. The Kier molecular flexibility index (Phi) is 8.51. The van der Waals surface area contributed by atoms with Gasteiger partial charge in [0.25, 0.3) is 5.91 Å². The average molecular weight is 552 g/mol. The van der Waals surface area contributed by atoms with E-state index in [-0.39, 0.29) is 52.4 Å². The van der Waals surface area contributed by atoms with Crippen LogP contribution in [0.1, 0.15) is 40.7 Å². The third kappa shape index (κ3) is 6.74. The Balaban J connectivity index is 1.64. The van der Waals surface area contributed by atoms with E-state index in [1.165, 1.54) is 18.2 Å². The van der Waals surface area contributed by atoms with Crippen LogP contribution in [0.3, 0.4) is 0 Å². The van der Waals surface area contributed by atoms with Crippen LogP contribution in [0.4, 0.5) is 17.6 Å². The van der Waals surface area contributed by atoms with E-state index in [0.717, 1.165) is 25.0 Å². The summed E-state index contributed by atoms with van der Waals surface area (Å²) in [6.45, 7) is -3.00. The molecule has 208 valence electrons. The molecule has 1 fully saturated rings. The third-order valence-electron chi connectivity index (χ3n) is 5.71. The number of carbonyl (C=O) groups is 1. The van der Waals surface area contributed by atoms with Crippen molar-refractivity contribution >= 4 is 11.7 Å². The predicted molar refractivity (Wildman–Crippen MR) is 130 cm³/mol. The molecule has 1 aliphatic rings. The van der Waals surface area contributed by atoms with Gasteiger partial charge in [-0.3, -0.25) is 4.79 Å². The number of amidine groups is 1. The number of aromatic nitrogens is 1. The zero-order valence-electron chi connectivity index (χ0n) is 20.3. The van der Waals surface area contributed by atoms with E-state index in [2.05, 4.69) is 20.1 Å². The highest BCUT2D eigenvalue weighted by Crippen LogP contribution is 2.36. The number of rotatable bonds is 12. The summed E-state index contributed by atoms with van der Waals surface area (Å²) < 4.78 is 69.6. The molecule has 8 N–H and O–H groups in total. The van der Waals surface area contributed by atoms with Crippen molar-refractivity contribution < 1.29 is 36.2 Å². The first-order valence-electron chi connectivity index (χ1n) is 11.7. The maximum Gasteiger partial charge on any atom is 0.387 e. The monoisotopic (exact) mass is 551 g/mol. The molecule has 0 unspecified atom stereocenters. The number of hydrogen-bond donors (Lipinski definition) is 5. The quantitative estimate of drug-likeness (QED) is 0.0745. The summed E-state index contributed by atoms with van der Waals surface area (Å²) in [5, 5.41) is 6.04. The zero-order chi connectivity index (χ0) is 28.1. The molecule has 0 radical (unpaired) electrons. The van der Waals surface area contributed by atoms with Gasteiger partial charge in [0.2, 0.25) is 5.89 Å². The minimum atomic E-state index is -3.07. The summed E-state index contributed by atoms with van der Waals surface area (Å²) >= 11 is 0. The fraction of sp³-hybridized carbons (Fsp3) is 0.292. The molecule has 15 heteroatoms. The van der Waals surface area contributed by atoms with Crippen LogP contribution in [-0.4, -0.2) is 29.9 Å². The second-order valence-corrected chi connectivity index (χ2v) is 8.53. The highest BCUT2D eigenvalue weighted by atomic mass is 19.3. The van der Waals surface area contributed by atoms with Crippen LogP contribution in [0.2, 0.25) is 0 Å². The van der Waals surface area contributed by atoms with Gasteiger partial charge in [-0.15, -0.1) is 5.10 Å². The maximum absolute atomic E-state index is 14.5. The molecule has 39 heavy (non-hydrogen) atoms. The van der Waals surface area contributed by atoms with Crippen LogP contribution in [0.25, 0.3) is 11.5 Å². The first-order valence-corrected chi connectivity index (χ1v) is 11.7. The summed E-state index contributed by atoms with van der Waals surface area (Å²) in [6, 6.07) is 5.34. The van der Waals surface area contributed by atoms with Crippen LogP contribution < -0.4 is 37.6 Å². The van der Waals surface area contributed by atoms with Crippen molar-refractivity contribution in [2.75, 3.05) is 6.61 Å². The lowest BCUT2D eigenvalue weighted by molar-refractivity contribution is -0.0515. The van der Waals surface area contributed by atoms with Crippen molar-refractivity contribution in [2.24, 2.45) is 28.3 Å². The van der Waals surface area contributed by atoms with E-state index in [1.54, 1.807) is 0 Å². The Labute approximate surface area is 219 Å². The van der Waals surface area contributed by atoms with E-state index < -0.39 is 30.2 Å². The van der Waals surface area contributed by atoms with Crippen molar-refractivity contribution in [2.45, 2.75) is 32.0 Å². The average Bonchev–Trinajstić information content (AvgIpc) is 3.62. The number of nitrogens with zero attached hydrogens (tertiary/aromatic N) is 2. The Morgan fingerprint density at radius 2 is 1.95 bits per heavy atom. The van der Waals surface area contributed by atoms with E-state index in [9.17, 15) is 22.4 Å².